The molecule has 0 aromatic carbocycles. The van der Waals surface area contributed by atoms with Gasteiger partial charge in [0, 0.05) is 31.8 Å². The lowest BCUT2D eigenvalue weighted by molar-refractivity contribution is -0.149. The summed E-state index contributed by atoms with van der Waals surface area (Å²) in [7, 11) is 4.96. The summed E-state index contributed by atoms with van der Waals surface area (Å²) in [6.45, 7) is 10.1. The number of methoxy groups -OCH3 is 1. The van der Waals surface area contributed by atoms with Crippen molar-refractivity contribution in [2.75, 3.05) is 27.7 Å². The molecule has 0 radical (unpaired) electrons. The monoisotopic (exact) mass is 552 g/mol. The predicted octanol–water partition coefficient (Wildman–Crippen LogP) is 3.42. The number of carbonyl (C=O) groups excluding carboxylic acids is 4. The molecule has 1 aliphatic heterocycles. The van der Waals surface area contributed by atoms with Crippen molar-refractivity contribution in [3.05, 3.63) is 16.1 Å². The van der Waals surface area contributed by atoms with Crippen molar-refractivity contribution in [3.63, 3.8) is 0 Å². The van der Waals surface area contributed by atoms with Gasteiger partial charge in [-0.25, -0.2) is 9.78 Å². The SMILES string of the molecule is CC[C@H](C)[C@@H](NC(=O)[C@H]1CCCCN1C)C(=O)N(C)[C@H](C[C@@H](OC(C)=O)c1nc(C(=O)OC)cs1)C(C)C. The van der Waals surface area contributed by atoms with Crippen LogP contribution in [-0.2, 0) is 23.9 Å². The number of likely N-dealkylation sites (tertiary alicyclic amines) is 1. The second-order valence-corrected chi connectivity index (χ2v) is 11.4. The van der Waals surface area contributed by atoms with Crippen LogP contribution in [0.15, 0.2) is 5.38 Å². The number of nitrogens with one attached hydrogen (secondary N) is 1. The molecule has 1 aromatic heterocycles. The number of hydrogen-bond acceptors (Lipinski definition) is 9. The first kappa shape index (κ1) is 31.7. The zero-order valence-electron chi connectivity index (χ0n) is 24.0. The number of hydrogen-bond donors (Lipinski definition) is 1. The number of carbonyl (C=O) groups is 4. The summed E-state index contributed by atoms with van der Waals surface area (Å²) < 4.78 is 10.4. The summed E-state index contributed by atoms with van der Waals surface area (Å²) in [5.74, 6) is -1.40. The Hall–Kier alpha value is -2.53. The maximum Gasteiger partial charge on any atom is 0.357 e. The average Bonchev–Trinajstić information content (AvgIpc) is 3.38. The van der Waals surface area contributed by atoms with Crippen LogP contribution in [0.4, 0.5) is 0 Å². The lowest BCUT2D eigenvalue weighted by Crippen LogP contribution is -2.58. The van der Waals surface area contributed by atoms with Crippen LogP contribution in [0.5, 0.6) is 0 Å². The molecule has 38 heavy (non-hydrogen) atoms. The first-order valence-corrected chi connectivity index (χ1v) is 14.3. The molecule has 0 aliphatic carbocycles. The number of ether oxygens (including phenoxy) is 2. The fourth-order valence-electron chi connectivity index (χ4n) is 4.85. The second-order valence-electron chi connectivity index (χ2n) is 10.5. The summed E-state index contributed by atoms with van der Waals surface area (Å²) in [6.07, 6.45) is 3.11. The highest BCUT2D eigenvalue weighted by Crippen LogP contribution is 2.31. The smallest absolute Gasteiger partial charge is 0.357 e. The van der Waals surface area contributed by atoms with Gasteiger partial charge in [-0.3, -0.25) is 19.3 Å². The third-order valence-corrected chi connectivity index (χ3v) is 8.36. The fourth-order valence-corrected chi connectivity index (χ4v) is 5.68. The minimum Gasteiger partial charge on any atom is -0.464 e. The molecule has 214 valence electrons. The standard InChI is InChI=1S/C27H44N4O6S/c1-9-17(4)23(29-24(33)20-12-10-11-13-30(20)6)26(34)31(7)21(16(2)3)14-22(37-18(5)32)25-28-19(15-38-25)27(35)36-8/h15-17,20-23H,9-14H2,1-8H3,(H,29,33)/t17-,20+,21+,22+,23+/m0/s1. The number of piperidine rings is 1. The molecule has 1 saturated heterocycles. The maximum absolute atomic E-state index is 13.9. The molecule has 1 fully saturated rings. The lowest BCUT2D eigenvalue weighted by Gasteiger charge is -2.38. The van der Waals surface area contributed by atoms with Crippen LogP contribution in [0.1, 0.15) is 88.3 Å². The highest BCUT2D eigenvalue weighted by atomic mass is 32.1. The van der Waals surface area contributed by atoms with Crippen LogP contribution < -0.4 is 5.32 Å². The Balaban J connectivity index is 2.28. The normalized spacial score (nSPS) is 19.2. The molecule has 0 spiro atoms. The Labute approximate surface area is 230 Å². The number of aromatic nitrogens is 1. The minimum absolute atomic E-state index is 0.0137. The number of thiazole rings is 1. The van der Waals surface area contributed by atoms with Gasteiger partial charge in [0.1, 0.15) is 11.0 Å². The third-order valence-electron chi connectivity index (χ3n) is 7.42. The van der Waals surface area contributed by atoms with E-state index in [1.54, 1.807) is 17.3 Å². The molecule has 1 aliphatic rings. The van der Waals surface area contributed by atoms with Crippen molar-refractivity contribution in [1.29, 1.82) is 0 Å². The molecule has 2 amide bonds. The number of likely N-dealkylation sites (N-methyl/N-ethyl adjacent to an activating group) is 2. The Morgan fingerprint density at radius 1 is 1.24 bits per heavy atom. The van der Waals surface area contributed by atoms with Crippen molar-refractivity contribution in [3.8, 4) is 0 Å². The van der Waals surface area contributed by atoms with Gasteiger partial charge in [0.05, 0.1) is 13.2 Å². The van der Waals surface area contributed by atoms with Crippen LogP contribution in [0.25, 0.3) is 0 Å². The molecule has 5 atom stereocenters. The summed E-state index contributed by atoms with van der Waals surface area (Å²) in [5, 5.41) is 5.08. The van der Waals surface area contributed by atoms with E-state index in [9.17, 15) is 19.2 Å². The molecule has 2 heterocycles. The van der Waals surface area contributed by atoms with Gasteiger partial charge in [-0.15, -0.1) is 11.3 Å². The number of rotatable bonds is 12. The van der Waals surface area contributed by atoms with Crippen LogP contribution in [-0.4, -0.2) is 84.4 Å². The summed E-state index contributed by atoms with van der Waals surface area (Å²) >= 11 is 1.20. The summed E-state index contributed by atoms with van der Waals surface area (Å²) in [5.41, 5.74) is 0.141. The Morgan fingerprint density at radius 2 is 1.92 bits per heavy atom. The zero-order valence-corrected chi connectivity index (χ0v) is 24.8. The Bertz CT molecular complexity index is 967. The number of nitrogens with zero attached hydrogens (tertiary/aromatic N) is 3. The van der Waals surface area contributed by atoms with Gasteiger partial charge in [-0.05, 0) is 38.3 Å². The van der Waals surface area contributed by atoms with Crippen LogP contribution >= 0.6 is 11.3 Å². The van der Waals surface area contributed by atoms with Crippen LogP contribution in [0, 0.1) is 11.8 Å². The molecule has 0 unspecified atom stereocenters. The van der Waals surface area contributed by atoms with Crippen molar-refractivity contribution in [2.45, 2.75) is 91.0 Å². The molecule has 11 heteroatoms. The van der Waals surface area contributed by atoms with Gasteiger partial charge in [0.2, 0.25) is 11.8 Å². The molecule has 0 saturated carbocycles. The van der Waals surface area contributed by atoms with Crippen molar-refractivity contribution < 1.29 is 28.7 Å². The van der Waals surface area contributed by atoms with E-state index in [-0.39, 0.29) is 41.4 Å². The van der Waals surface area contributed by atoms with Crippen molar-refractivity contribution in [2.24, 2.45) is 11.8 Å². The first-order chi connectivity index (χ1) is 17.9. The quantitative estimate of drug-likeness (QED) is 0.392. The van der Waals surface area contributed by atoms with Gasteiger partial charge in [0.25, 0.3) is 0 Å². The molecular weight excluding hydrogens is 508 g/mol. The molecule has 1 aromatic rings. The molecule has 10 nitrogen and oxygen atoms in total. The summed E-state index contributed by atoms with van der Waals surface area (Å²) in [4.78, 5) is 59.0. The highest BCUT2D eigenvalue weighted by molar-refractivity contribution is 7.09. The molecule has 2 rings (SSSR count). The van der Waals surface area contributed by atoms with Gasteiger partial charge in [0.15, 0.2) is 11.8 Å². The van der Waals surface area contributed by atoms with E-state index in [1.165, 1.54) is 25.4 Å². The molecule has 1 N–H and O–H groups in total. The second kappa shape index (κ2) is 14.6. The third kappa shape index (κ3) is 8.23. The largest absolute Gasteiger partial charge is 0.464 e. The van der Waals surface area contributed by atoms with Gasteiger partial charge in [-0.1, -0.05) is 40.5 Å². The topological polar surface area (TPSA) is 118 Å². The van der Waals surface area contributed by atoms with Gasteiger partial charge >= 0.3 is 11.9 Å². The number of esters is 2. The van der Waals surface area contributed by atoms with E-state index in [0.29, 0.717) is 11.4 Å². The van der Waals surface area contributed by atoms with E-state index >= 15 is 0 Å². The Kier molecular flexibility index (Phi) is 12.2. The van der Waals surface area contributed by atoms with E-state index in [1.807, 2.05) is 34.7 Å². The summed E-state index contributed by atoms with van der Waals surface area (Å²) in [6, 6.07) is -1.23. The van der Waals surface area contributed by atoms with E-state index in [2.05, 4.69) is 15.2 Å². The highest BCUT2D eigenvalue weighted by Gasteiger charge is 2.37. The average molecular weight is 553 g/mol. The van der Waals surface area contributed by atoms with E-state index < -0.39 is 24.1 Å². The molecule has 0 bridgehead atoms. The van der Waals surface area contributed by atoms with E-state index in [4.69, 9.17) is 9.47 Å². The van der Waals surface area contributed by atoms with Crippen LogP contribution in [0.2, 0.25) is 0 Å². The van der Waals surface area contributed by atoms with Crippen molar-refractivity contribution in [1.82, 2.24) is 20.1 Å². The minimum atomic E-state index is -0.744. The van der Waals surface area contributed by atoms with Gasteiger partial charge in [-0.2, -0.15) is 0 Å². The van der Waals surface area contributed by atoms with Crippen LogP contribution in [0.3, 0.4) is 0 Å². The number of amides is 2. The predicted molar refractivity (Wildman–Crippen MR) is 146 cm³/mol. The molecular formula is C27H44N4O6S. The first-order valence-electron chi connectivity index (χ1n) is 13.4. The van der Waals surface area contributed by atoms with Crippen molar-refractivity contribution >= 4 is 35.1 Å². The maximum atomic E-state index is 13.9. The lowest BCUT2D eigenvalue weighted by atomic mass is 9.92. The van der Waals surface area contributed by atoms with Gasteiger partial charge < -0.3 is 19.7 Å². The zero-order chi connectivity index (χ0) is 28.6. The Morgan fingerprint density at radius 3 is 2.47 bits per heavy atom. The van der Waals surface area contributed by atoms with E-state index in [0.717, 1.165) is 32.2 Å². The fraction of sp³-hybridized carbons (Fsp3) is 0.741.